The molecule has 2 aliphatic rings. The molecule has 0 atom stereocenters. The summed E-state index contributed by atoms with van der Waals surface area (Å²) in [5.41, 5.74) is 4.54. The van der Waals surface area contributed by atoms with Gasteiger partial charge in [-0.15, -0.1) is 0 Å². The van der Waals surface area contributed by atoms with Crippen molar-refractivity contribution in [1.29, 1.82) is 0 Å². The molecule has 0 heterocycles. The summed E-state index contributed by atoms with van der Waals surface area (Å²) in [6.45, 7) is 5.41. The Balaban J connectivity index is 1.60. The second-order valence-electron chi connectivity index (χ2n) is 7.70. The number of nitrogens with one attached hydrogen (secondary N) is 1. The molecule has 1 aromatic rings. The minimum Gasteiger partial charge on any atom is -0.481 e. The predicted octanol–water partition coefficient (Wildman–Crippen LogP) is 3.96. The molecule has 2 fully saturated rings. The van der Waals surface area contributed by atoms with Crippen LogP contribution in [0.15, 0.2) is 18.2 Å². The number of benzene rings is 1. The standard InChI is InChI=1S/C20H29NO2/c1-14-4-7-17(12-15(14)2)20(10-3-11-20)13-21-18-8-5-16(6-9-18)19(22)23/h4,7,12,16,18,21H,3,5-6,8-11,13H2,1-2H3,(H,22,23). The molecule has 0 unspecified atom stereocenters. The molecule has 3 nitrogen and oxygen atoms in total. The van der Waals surface area contributed by atoms with Crippen molar-refractivity contribution in [3.8, 4) is 0 Å². The minimum absolute atomic E-state index is 0.120. The fraction of sp³-hybridized carbons (Fsp3) is 0.650. The van der Waals surface area contributed by atoms with Crippen LogP contribution in [0.5, 0.6) is 0 Å². The molecule has 0 aromatic heterocycles. The van der Waals surface area contributed by atoms with Crippen LogP contribution in [-0.4, -0.2) is 23.7 Å². The van der Waals surface area contributed by atoms with E-state index in [1.165, 1.54) is 36.0 Å². The van der Waals surface area contributed by atoms with E-state index in [2.05, 4.69) is 37.4 Å². The SMILES string of the molecule is Cc1ccc(C2(CNC3CCC(C(=O)O)CC3)CCC2)cc1C. The highest BCUT2D eigenvalue weighted by Crippen LogP contribution is 2.44. The van der Waals surface area contributed by atoms with Gasteiger partial charge in [0.15, 0.2) is 0 Å². The van der Waals surface area contributed by atoms with Gasteiger partial charge in [0.1, 0.15) is 0 Å². The van der Waals surface area contributed by atoms with E-state index in [1.807, 2.05) is 0 Å². The van der Waals surface area contributed by atoms with E-state index in [0.29, 0.717) is 11.5 Å². The molecule has 2 aliphatic carbocycles. The molecule has 2 N–H and O–H groups in total. The smallest absolute Gasteiger partial charge is 0.306 e. The number of hydrogen-bond donors (Lipinski definition) is 2. The molecule has 0 radical (unpaired) electrons. The van der Waals surface area contributed by atoms with Gasteiger partial charge >= 0.3 is 5.97 Å². The number of aliphatic carboxylic acids is 1. The van der Waals surface area contributed by atoms with Crippen molar-refractivity contribution in [3.63, 3.8) is 0 Å². The molecular weight excluding hydrogens is 286 g/mol. The summed E-state index contributed by atoms with van der Waals surface area (Å²) >= 11 is 0. The maximum Gasteiger partial charge on any atom is 0.306 e. The van der Waals surface area contributed by atoms with Crippen molar-refractivity contribution >= 4 is 5.97 Å². The molecule has 1 aromatic carbocycles. The molecule has 0 amide bonds. The van der Waals surface area contributed by atoms with Crippen molar-refractivity contribution in [2.24, 2.45) is 5.92 Å². The van der Waals surface area contributed by atoms with E-state index >= 15 is 0 Å². The summed E-state index contributed by atoms with van der Waals surface area (Å²) in [6.07, 6.45) is 7.51. The lowest BCUT2D eigenvalue weighted by Crippen LogP contribution is -2.47. The van der Waals surface area contributed by atoms with Gasteiger partial charge in [-0.25, -0.2) is 0 Å². The number of carboxylic acid groups (broad SMARTS) is 1. The van der Waals surface area contributed by atoms with Crippen molar-refractivity contribution < 1.29 is 9.90 Å². The van der Waals surface area contributed by atoms with Crippen LogP contribution in [0.1, 0.15) is 61.6 Å². The van der Waals surface area contributed by atoms with Gasteiger partial charge in [0.25, 0.3) is 0 Å². The van der Waals surface area contributed by atoms with Gasteiger partial charge in [-0.05, 0) is 69.1 Å². The first-order valence-electron chi connectivity index (χ1n) is 9.04. The monoisotopic (exact) mass is 315 g/mol. The predicted molar refractivity (Wildman–Crippen MR) is 92.8 cm³/mol. The fourth-order valence-corrected chi connectivity index (χ4v) is 4.13. The van der Waals surface area contributed by atoms with Crippen molar-refractivity contribution in [1.82, 2.24) is 5.32 Å². The third kappa shape index (κ3) is 3.45. The Bertz CT molecular complexity index is 569. The number of rotatable bonds is 5. The summed E-state index contributed by atoms with van der Waals surface area (Å²) < 4.78 is 0. The lowest BCUT2D eigenvalue weighted by molar-refractivity contribution is -0.142. The first-order valence-corrected chi connectivity index (χ1v) is 9.04. The summed E-state index contributed by atoms with van der Waals surface area (Å²) in [5.74, 6) is -0.737. The Morgan fingerprint density at radius 3 is 2.39 bits per heavy atom. The van der Waals surface area contributed by atoms with Crippen LogP contribution in [0, 0.1) is 19.8 Å². The molecule has 126 valence electrons. The van der Waals surface area contributed by atoms with E-state index < -0.39 is 5.97 Å². The third-order valence-corrected chi connectivity index (χ3v) is 6.24. The van der Waals surface area contributed by atoms with Crippen molar-refractivity contribution in [3.05, 3.63) is 34.9 Å². The topological polar surface area (TPSA) is 49.3 Å². The highest BCUT2D eigenvalue weighted by Gasteiger charge is 2.39. The van der Waals surface area contributed by atoms with Gasteiger partial charge in [-0.2, -0.15) is 0 Å². The van der Waals surface area contributed by atoms with Gasteiger partial charge in [-0.3, -0.25) is 4.79 Å². The number of carbonyl (C=O) groups is 1. The molecule has 3 heteroatoms. The largest absolute Gasteiger partial charge is 0.481 e. The Labute approximate surface area is 139 Å². The summed E-state index contributed by atoms with van der Waals surface area (Å²) in [5, 5.41) is 12.9. The van der Waals surface area contributed by atoms with Crippen molar-refractivity contribution in [2.75, 3.05) is 6.54 Å². The normalized spacial score (nSPS) is 26.5. The summed E-state index contributed by atoms with van der Waals surface area (Å²) in [6, 6.07) is 7.43. The lowest BCUT2D eigenvalue weighted by atomic mass is 9.64. The summed E-state index contributed by atoms with van der Waals surface area (Å²) in [4.78, 5) is 11.1. The van der Waals surface area contributed by atoms with Gasteiger partial charge < -0.3 is 10.4 Å². The van der Waals surface area contributed by atoms with E-state index in [9.17, 15) is 4.79 Å². The van der Waals surface area contributed by atoms with Crippen LogP contribution < -0.4 is 5.32 Å². The number of aryl methyl sites for hydroxylation is 2. The molecule has 0 spiro atoms. The molecule has 3 rings (SSSR count). The molecule has 0 bridgehead atoms. The van der Waals surface area contributed by atoms with E-state index in [1.54, 1.807) is 0 Å². The van der Waals surface area contributed by atoms with Crippen molar-refractivity contribution in [2.45, 2.75) is 70.3 Å². The molecule has 0 aliphatic heterocycles. The van der Waals surface area contributed by atoms with Gasteiger partial charge in [-0.1, -0.05) is 24.6 Å². The van der Waals surface area contributed by atoms with E-state index in [-0.39, 0.29) is 5.92 Å². The Morgan fingerprint density at radius 2 is 1.87 bits per heavy atom. The zero-order valence-corrected chi connectivity index (χ0v) is 14.4. The van der Waals surface area contributed by atoms with Crippen LogP contribution in [0.4, 0.5) is 0 Å². The maximum atomic E-state index is 11.1. The summed E-state index contributed by atoms with van der Waals surface area (Å²) in [7, 11) is 0. The third-order valence-electron chi connectivity index (χ3n) is 6.24. The fourth-order valence-electron chi connectivity index (χ4n) is 4.13. The Hall–Kier alpha value is -1.35. The second kappa shape index (κ2) is 6.64. The van der Waals surface area contributed by atoms with Crippen LogP contribution in [0.2, 0.25) is 0 Å². The van der Waals surface area contributed by atoms with Crippen LogP contribution in [0.3, 0.4) is 0 Å². The molecular formula is C20H29NO2. The zero-order chi connectivity index (χ0) is 16.4. The molecule has 2 saturated carbocycles. The van der Waals surface area contributed by atoms with E-state index in [0.717, 1.165) is 32.2 Å². The Kier molecular flexibility index (Phi) is 4.77. The maximum absolute atomic E-state index is 11.1. The molecule has 23 heavy (non-hydrogen) atoms. The average Bonchev–Trinajstić information content (AvgIpc) is 2.50. The zero-order valence-electron chi connectivity index (χ0n) is 14.4. The quantitative estimate of drug-likeness (QED) is 0.864. The average molecular weight is 315 g/mol. The van der Waals surface area contributed by atoms with Crippen LogP contribution in [0.25, 0.3) is 0 Å². The highest BCUT2D eigenvalue weighted by atomic mass is 16.4. The second-order valence-corrected chi connectivity index (χ2v) is 7.70. The first-order chi connectivity index (χ1) is 11.0. The van der Waals surface area contributed by atoms with Gasteiger partial charge in [0, 0.05) is 18.0 Å². The van der Waals surface area contributed by atoms with E-state index in [4.69, 9.17) is 5.11 Å². The lowest BCUT2D eigenvalue weighted by Gasteiger charge is -2.44. The Morgan fingerprint density at radius 1 is 1.17 bits per heavy atom. The highest BCUT2D eigenvalue weighted by molar-refractivity contribution is 5.70. The first kappa shape index (κ1) is 16.5. The van der Waals surface area contributed by atoms with Gasteiger partial charge in [0.05, 0.1) is 5.92 Å². The van der Waals surface area contributed by atoms with Gasteiger partial charge in [0.2, 0.25) is 0 Å². The minimum atomic E-state index is -0.617. The number of carboxylic acids is 1. The van der Waals surface area contributed by atoms with Crippen LogP contribution in [-0.2, 0) is 10.2 Å². The number of hydrogen-bond acceptors (Lipinski definition) is 2. The van der Waals surface area contributed by atoms with Crippen LogP contribution >= 0.6 is 0 Å². The molecule has 0 saturated heterocycles.